The van der Waals surface area contributed by atoms with Crippen molar-refractivity contribution in [3.8, 4) is 17.2 Å². The Labute approximate surface area is 160 Å². The van der Waals surface area contributed by atoms with E-state index in [1.807, 2.05) is 31.2 Å². The van der Waals surface area contributed by atoms with E-state index in [2.05, 4.69) is 6.92 Å². The van der Waals surface area contributed by atoms with Gasteiger partial charge in [-0.25, -0.2) is 4.39 Å². The maximum atomic E-state index is 12.9. The van der Waals surface area contributed by atoms with Crippen molar-refractivity contribution >= 4 is 0 Å². The summed E-state index contributed by atoms with van der Waals surface area (Å²) in [6.45, 7) is 4.74. The van der Waals surface area contributed by atoms with Gasteiger partial charge in [-0.15, -0.1) is 0 Å². The summed E-state index contributed by atoms with van der Waals surface area (Å²) in [6.07, 6.45) is 2.65. The Morgan fingerprint density at radius 3 is 2.59 bits per heavy atom. The van der Waals surface area contributed by atoms with Crippen LogP contribution in [-0.4, -0.2) is 31.0 Å². The van der Waals surface area contributed by atoms with Gasteiger partial charge < -0.3 is 19.3 Å². The van der Waals surface area contributed by atoms with Gasteiger partial charge >= 0.3 is 0 Å². The number of para-hydroxylation sites is 2. The Morgan fingerprint density at radius 2 is 1.93 bits per heavy atom. The van der Waals surface area contributed by atoms with E-state index in [1.54, 1.807) is 13.2 Å². The molecule has 27 heavy (non-hydrogen) atoms. The summed E-state index contributed by atoms with van der Waals surface area (Å²) in [5.41, 5.74) is 0.898. The summed E-state index contributed by atoms with van der Waals surface area (Å²) in [5, 5.41) is 9.66. The molecule has 0 bridgehead atoms. The van der Waals surface area contributed by atoms with Crippen LogP contribution in [0.1, 0.15) is 38.7 Å². The maximum absolute atomic E-state index is 12.9. The van der Waals surface area contributed by atoms with E-state index in [0.717, 1.165) is 42.9 Å². The molecule has 1 heterocycles. The molecular formula is C22H29FO4. The first-order valence-corrected chi connectivity index (χ1v) is 9.48. The van der Waals surface area contributed by atoms with Gasteiger partial charge in [0.05, 0.1) is 19.8 Å². The lowest BCUT2D eigenvalue weighted by Gasteiger charge is -2.29. The Kier molecular flexibility index (Phi) is 8.40. The number of rotatable bonds is 6. The third-order valence-corrected chi connectivity index (χ3v) is 4.38. The standard InChI is InChI=1S/C12H15FO2.C10H14O2/c1-2-10(14)12-5-3-8-7-9(13)4-6-11(8)15-12;1-3-8-12-10-7-5-4-6-9(10)11-2/h4,6-7,10,12,14H,2-3,5H2,1H3;4-7H,3,8H2,1-2H3. The van der Waals surface area contributed by atoms with Gasteiger partial charge in [-0.05, 0) is 61.6 Å². The number of benzene rings is 2. The molecule has 3 rings (SSSR count). The van der Waals surface area contributed by atoms with Crippen LogP contribution in [0.2, 0.25) is 0 Å². The third-order valence-electron chi connectivity index (χ3n) is 4.38. The van der Waals surface area contributed by atoms with Crippen molar-refractivity contribution in [2.24, 2.45) is 0 Å². The molecule has 2 unspecified atom stereocenters. The fourth-order valence-corrected chi connectivity index (χ4v) is 2.86. The molecule has 2 aromatic carbocycles. The van der Waals surface area contributed by atoms with E-state index in [-0.39, 0.29) is 11.9 Å². The number of halogens is 1. The fourth-order valence-electron chi connectivity index (χ4n) is 2.86. The molecule has 0 saturated carbocycles. The average Bonchev–Trinajstić information content (AvgIpc) is 2.71. The van der Waals surface area contributed by atoms with Crippen molar-refractivity contribution in [1.82, 2.24) is 0 Å². The van der Waals surface area contributed by atoms with E-state index in [9.17, 15) is 9.50 Å². The SMILES string of the molecule is CCC(O)C1CCc2cc(F)ccc2O1.CCCOc1ccccc1OC. The molecule has 1 N–H and O–H groups in total. The number of aliphatic hydroxyl groups is 1. The second-order valence-electron chi connectivity index (χ2n) is 6.42. The van der Waals surface area contributed by atoms with Crippen LogP contribution in [0.4, 0.5) is 4.39 Å². The van der Waals surface area contributed by atoms with Gasteiger partial charge in [0, 0.05) is 0 Å². The minimum Gasteiger partial charge on any atom is -0.493 e. The first kappa shape index (κ1) is 21.0. The highest BCUT2D eigenvalue weighted by Crippen LogP contribution is 2.29. The van der Waals surface area contributed by atoms with Crippen LogP contribution in [0.15, 0.2) is 42.5 Å². The molecule has 0 fully saturated rings. The predicted octanol–water partition coefficient (Wildman–Crippen LogP) is 4.77. The highest BCUT2D eigenvalue weighted by Gasteiger charge is 2.25. The molecule has 0 saturated heterocycles. The van der Waals surface area contributed by atoms with Crippen molar-refractivity contribution in [1.29, 1.82) is 0 Å². The van der Waals surface area contributed by atoms with Crippen molar-refractivity contribution in [2.45, 2.75) is 51.7 Å². The van der Waals surface area contributed by atoms with Crippen LogP contribution < -0.4 is 14.2 Å². The van der Waals surface area contributed by atoms with Crippen molar-refractivity contribution in [3.05, 3.63) is 53.8 Å². The van der Waals surface area contributed by atoms with E-state index < -0.39 is 6.10 Å². The van der Waals surface area contributed by atoms with E-state index in [4.69, 9.17) is 14.2 Å². The van der Waals surface area contributed by atoms with Crippen molar-refractivity contribution in [3.63, 3.8) is 0 Å². The number of aliphatic hydroxyl groups excluding tert-OH is 1. The lowest BCUT2D eigenvalue weighted by atomic mass is 9.98. The Balaban J connectivity index is 0.000000199. The fraction of sp³-hybridized carbons (Fsp3) is 0.455. The van der Waals surface area contributed by atoms with E-state index >= 15 is 0 Å². The smallest absolute Gasteiger partial charge is 0.161 e. The monoisotopic (exact) mass is 376 g/mol. The van der Waals surface area contributed by atoms with Gasteiger partial charge in [-0.2, -0.15) is 0 Å². The lowest BCUT2D eigenvalue weighted by molar-refractivity contribution is 0.0219. The van der Waals surface area contributed by atoms with E-state index in [1.165, 1.54) is 12.1 Å². The van der Waals surface area contributed by atoms with Crippen molar-refractivity contribution < 1.29 is 23.7 Å². The number of aryl methyl sites for hydroxylation is 1. The maximum Gasteiger partial charge on any atom is 0.161 e. The van der Waals surface area contributed by atoms with Crippen LogP contribution in [0, 0.1) is 5.82 Å². The minimum absolute atomic E-state index is 0.145. The zero-order chi connectivity index (χ0) is 19.6. The molecule has 4 nitrogen and oxygen atoms in total. The molecule has 0 amide bonds. The highest BCUT2D eigenvalue weighted by molar-refractivity contribution is 5.39. The van der Waals surface area contributed by atoms with Crippen LogP contribution >= 0.6 is 0 Å². The topological polar surface area (TPSA) is 47.9 Å². The molecule has 2 atom stereocenters. The van der Waals surface area contributed by atoms with Gasteiger partial charge in [0.25, 0.3) is 0 Å². The van der Waals surface area contributed by atoms with Crippen LogP contribution in [-0.2, 0) is 6.42 Å². The number of methoxy groups -OCH3 is 1. The molecule has 5 heteroatoms. The second kappa shape index (κ2) is 10.8. The molecule has 1 aliphatic rings. The number of hydrogen-bond donors (Lipinski definition) is 1. The summed E-state index contributed by atoms with van der Waals surface area (Å²) in [6, 6.07) is 12.2. The summed E-state index contributed by atoms with van der Waals surface area (Å²) in [4.78, 5) is 0. The van der Waals surface area contributed by atoms with Crippen LogP contribution in [0.3, 0.4) is 0 Å². The zero-order valence-electron chi connectivity index (χ0n) is 16.3. The first-order chi connectivity index (χ1) is 13.1. The van der Waals surface area contributed by atoms with Gasteiger partial charge in [-0.3, -0.25) is 0 Å². The molecule has 0 spiro atoms. The predicted molar refractivity (Wildman–Crippen MR) is 104 cm³/mol. The lowest BCUT2D eigenvalue weighted by Crippen LogP contribution is -2.34. The zero-order valence-corrected chi connectivity index (χ0v) is 16.3. The minimum atomic E-state index is -0.428. The largest absolute Gasteiger partial charge is 0.493 e. The third kappa shape index (κ3) is 6.14. The Hall–Kier alpha value is -2.27. The second-order valence-corrected chi connectivity index (χ2v) is 6.42. The normalized spacial score (nSPS) is 16.3. The molecule has 0 aliphatic carbocycles. The molecule has 2 aromatic rings. The number of hydrogen-bond acceptors (Lipinski definition) is 4. The Morgan fingerprint density at radius 1 is 1.19 bits per heavy atom. The highest BCUT2D eigenvalue weighted by atomic mass is 19.1. The summed E-state index contributed by atoms with van der Waals surface area (Å²) in [7, 11) is 1.65. The summed E-state index contributed by atoms with van der Waals surface area (Å²) < 4.78 is 29.1. The van der Waals surface area contributed by atoms with Crippen LogP contribution in [0.25, 0.3) is 0 Å². The molecule has 0 radical (unpaired) electrons. The summed E-state index contributed by atoms with van der Waals surface area (Å²) in [5.74, 6) is 2.10. The van der Waals surface area contributed by atoms with Crippen LogP contribution in [0.5, 0.6) is 17.2 Å². The first-order valence-electron chi connectivity index (χ1n) is 9.48. The molecule has 148 valence electrons. The van der Waals surface area contributed by atoms with Crippen molar-refractivity contribution in [2.75, 3.05) is 13.7 Å². The van der Waals surface area contributed by atoms with Gasteiger partial charge in [0.1, 0.15) is 17.7 Å². The Bertz CT molecular complexity index is 704. The molecule has 0 aromatic heterocycles. The quantitative estimate of drug-likeness (QED) is 0.789. The molecular weight excluding hydrogens is 347 g/mol. The average molecular weight is 376 g/mol. The summed E-state index contributed by atoms with van der Waals surface area (Å²) >= 11 is 0. The van der Waals surface area contributed by atoms with E-state index in [0.29, 0.717) is 12.2 Å². The number of ether oxygens (including phenoxy) is 3. The number of fused-ring (bicyclic) bond motifs is 1. The van der Waals surface area contributed by atoms with Gasteiger partial charge in [0.15, 0.2) is 11.5 Å². The van der Waals surface area contributed by atoms with Gasteiger partial charge in [-0.1, -0.05) is 26.0 Å². The molecule has 1 aliphatic heterocycles. The van der Waals surface area contributed by atoms with Gasteiger partial charge in [0.2, 0.25) is 0 Å².